The number of benzene rings is 1. The summed E-state index contributed by atoms with van der Waals surface area (Å²) in [6.07, 6.45) is 1.33. The maximum atomic E-state index is 12.9. The summed E-state index contributed by atoms with van der Waals surface area (Å²) in [5, 5.41) is 8.92. The number of carbonyl (C=O) groups is 2. The molecule has 0 saturated carbocycles. The number of fused-ring (bicyclic) bond motifs is 1. The molecule has 24 heavy (non-hydrogen) atoms. The maximum absolute atomic E-state index is 12.9. The Kier molecular flexibility index (Phi) is 3.87. The summed E-state index contributed by atoms with van der Waals surface area (Å²) in [5.74, 6) is -1.00. The van der Waals surface area contributed by atoms with Gasteiger partial charge >= 0.3 is 5.97 Å². The highest BCUT2D eigenvalue weighted by atomic mass is 16.4. The number of rotatable bonds is 2. The molecule has 0 saturated heterocycles. The van der Waals surface area contributed by atoms with E-state index in [1.165, 1.54) is 23.9 Å². The molecule has 1 unspecified atom stereocenters. The fourth-order valence-electron chi connectivity index (χ4n) is 3.14. The van der Waals surface area contributed by atoms with Gasteiger partial charge < -0.3 is 10.0 Å². The molecule has 1 N–H and O–H groups in total. The molecule has 1 aromatic heterocycles. The minimum absolute atomic E-state index is 0.0382. The summed E-state index contributed by atoms with van der Waals surface area (Å²) in [5.41, 5.74) is 2.46. The van der Waals surface area contributed by atoms with Crippen LogP contribution in [-0.2, 0) is 0 Å². The molecule has 2 heterocycles. The predicted octanol–water partition coefficient (Wildman–Crippen LogP) is 3.57. The highest BCUT2D eigenvalue weighted by Crippen LogP contribution is 2.45. The molecule has 124 valence electrons. The van der Waals surface area contributed by atoms with Crippen molar-refractivity contribution in [1.82, 2.24) is 4.98 Å². The lowest BCUT2D eigenvalue weighted by Gasteiger charge is -2.27. The van der Waals surface area contributed by atoms with Crippen LogP contribution < -0.4 is 4.90 Å². The molecule has 5 nitrogen and oxygen atoms in total. The number of amides is 1. The van der Waals surface area contributed by atoms with Gasteiger partial charge in [0.25, 0.3) is 5.91 Å². The molecule has 3 rings (SSSR count). The first kappa shape index (κ1) is 16.2. The normalized spacial score (nSPS) is 16.8. The summed E-state index contributed by atoms with van der Waals surface area (Å²) >= 11 is 0. The molecular weight excluding hydrogens is 304 g/mol. The second kappa shape index (κ2) is 5.74. The minimum atomic E-state index is -1.10. The fourth-order valence-corrected chi connectivity index (χ4v) is 3.14. The van der Waals surface area contributed by atoms with Gasteiger partial charge in [0.05, 0.1) is 5.56 Å². The first-order chi connectivity index (χ1) is 11.3. The zero-order valence-corrected chi connectivity index (χ0v) is 14.0. The van der Waals surface area contributed by atoms with E-state index in [1.807, 2.05) is 18.2 Å². The van der Waals surface area contributed by atoms with Gasteiger partial charge in [-0.3, -0.25) is 4.79 Å². The summed E-state index contributed by atoms with van der Waals surface area (Å²) in [7, 11) is 0. The molecule has 0 radical (unpaired) electrons. The molecule has 0 fully saturated rings. The molecule has 0 bridgehead atoms. The predicted molar refractivity (Wildman–Crippen MR) is 91.5 cm³/mol. The topological polar surface area (TPSA) is 70.5 Å². The van der Waals surface area contributed by atoms with E-state index in [1.54, 1.807) is 4.90 Å². The quantitative estimate of drug-likeness (QED) is 0.917. The van der Waals surface area contributed by atoms with Gasteiger partial charge in [0.2, 0.25) is 0 Å². The maximum Gasteiger partial charge on any atom is 0.354 e. The Morgan fingerprint density at radius 2 is 1.88 bits per heavy atom. The Labute approximate surface area is 140 Å². The summed E-state index contributed by atoms with van der Waals surface area (Å²) in [4.78, 5) is 29.4. The fraction of sp³-hybridized carbons (Fsp3) is 0.316. The number of hydrogen-bond acceptors (Lipinski definition) is 3. The van der Waals surface area contributed by atoms with Crippen molar-refractivity contribution < 1.29 is 14.7 Å². The monoisotopic (exact) mass is 324 g/mol. The first-order valence-corrected chi connectivity index (χ1v) is 7.89. The van der Waals surface area contributed by atoms with Crippen molar-refractivity contribution in [2.45, 2.75) is 26.7 Å². The van der Waals surface area contributed by atoms with Gasteiger partial charge in [-0.2, -0.15) is 0 Å². The van der Waals surface area contributed by atoms with Crippen molar-refractivity contribution in [3.8, 4) is 0 Å². The molecule has 0 aliphatic carbocycles. The smallest absolute Gasteiger partial charge is 0.354 e. The lowest BCUT2D eigenvalue weighted by atomic mass is 9.78. The number of aromatic carboxylic acids is 1. The number of aromatic nitrogens is 1. The minimum Gasteiger partial charge on any atom is -0.477 e. The third-order valence-electron chi connectivity index (χ3n) is 4.49. The van der Waals surface area contributed by atoms with Crippen molar-refractivity contribution in [1.29, 1.82) is 0 Å². The number of nitrogens with zero attached hydrogens (tertiary/aromatic N) is 2. The average molecular weight is 324 g/mol. The molecule has 1 amide bonds. The Morgan fingerprint density at radius 3 is 2.46 bits per heavy atom. The van der Waals surface area contributed by atoms with Crippen LogP contribution in [0.15, 0.2) is 42.6 Å². The van der Waals surface area contributed by atoms with Crippen LogP contribution in [0.1, 0.15) is 53.1 Å². The van der Waals surface area contributed by atoms with Gasteiger partial charge in [-0.1, -0.05) is 39.0 Å². The number of anilines is 1. The molecule has 1 aliphatic rings. The molecule has 5 heteroatoms. The van der Waals surface area contributed by atoms with Crippen LogP contribution in [0, 0.1) is 5.41 Å². The van der Waals surface area contributed by atoms with E-state index in [4.69, 9.17) is 5.11 Å². The zero-order chi connectivity index (χ0) is 17.5. The van der Waals surface area contributed by atoms with Gasteiger partial charge in [0, 0.05) is 24.3 Å². The lowest BCUT2D eigenvalue weighted by Crippen LogP contribution is -2.32. The second-order valence-electron chi connectivity index (χ2n) is 7.13. The van der Waals surface area contributed by atoms with Crippen molar-refractivity contribution in [3.63, 3.8) is 0 Å². The van der Waals surface area contributed by atoms with Crippen molar-refractivity contribution in [3.05, 3.63) is 59.4 Å². The third kappa shape index (κ3) is 2.77. The van der Waals surface area contributed by atoms with E-state index < -0.39 is 5.97 Å². The Morgan fingerprint density at radius 1 is 1.17 bits per heavy atom. The van der Waals surface area contributed by atoms with Crippen molar-refractivity contribution >= 4 is 17.6 Å². The SMILES string of the molecule is CC(C)(C)C1CN(C(=O)c2ccc(C(=O)O)nc2)c2ccccc21. The van der Waals surface area contributed by atoms with Crippen LogP contribution in [0.2, 0.25) is 0 Å². The number of carboxylic acid groups (broad SMARTS) is 1. The van der Waals surface area contributed by atoms with Gasteiger partial charge in [-0.15, -0.1) is 0 Å². The number of carbonyl (C=O) groups excluding carboxylic acids is 1. The molecule has 1 atom stereocenters. The standard InChI is InChI=1S/C19H20N2O3/c1-19(2,3)14-11-21(16-7-5-4-6-13(14)16)17(22)12-8-9-15(18(23)24)20-10-12/h4-10,14H,11H2,1-3H3,(H,23,24). The lowest BCUT2D eigenvalue weighted by molar-refractivity contribution is 0.0690. The zero-order valence-electron chi connectivity index (χ0n) is 14.0. The Hall–Kier alpha value is -2.69. The van der Waals surface area contributed by atoms with E-state index in [-0.39, 0.29) is 22.9 Å². The molecule has 1 aliphatic heterocycles. The molecule has 0 spiro atoms. The molecule has 2 aromatic rings. The summed E-state index contributed by atoms with van der Waals surface area (Å²) < 4.78 is 0. The highest BCUT2D eigenvalue weighted by Gasteiger charge is 2.38. The molecular formula is C19H20N2O3. The second-order valence-corrected chi connectivity index (χ2v) is 7.13. The van der Waals surface area contributed by atoms with E-state index >= 15 is 0 Å². The van der Waals surface area contributed by atoms with Crippen molar-refractivity contribution in [2.75, 3.05) is 11.4 Å². The van der Waals surface area contributed by atoms with Crippen LogP contribution in [0.25, 0.3) is 0 Å². The molecule has 1 aromatic carbocycles. The van der Waals surface area contributed by atoms with Gasteiger partial charge in [0.15, 0.2) is 0 Å². The Bertz CT molecular complexity index is 791. The van der Waals surface area contributed by atoms with Crippen molar-refractivity contribution in [2.24, 2.45) is 5.41 Å². The van der Waals surface area contributed by atoms with E-state index in [0.717, 1.165) is 5.69 Å². The number of pyridine rings is 1. The van der Waals surface area contributed by atoms with Crippen LogP contribution >= 0.6 is 0 Å². The van der Waals surface area contributed by atoms with Crippen LogP contribution in [-0.4, -0.2) is 28.5 Å². The largest absolute Gasteiger partial charge is 0.477 e. The summed E-state index contributed by atoms with van der Waals surface area (Å²) in [6, 6.07) is 10.8. The van der Waals surface area contributed by atoms with Gasteiger partial charge in [0.1, 0.15) is 5.69 Å². The van der Waals surface area contributed by atoms with E-state index in [2.05, 4.69) is 31.8 Å². The highest BCUT2D eigenvalue weighted by molar-refractivity contribution is 6.07. The van der Waals surface area contributed by atoms with Gasteiger partial charge in [-0.25, -0.2) is 9.78 Å². The van der Waals surface area contributed by atoms with Crippen LogP contribution in [0.4, 0.5) is 5.69 Å². The first-order valence-electron chi connectivity index (χ1n) is 7.89. The number of carboxylic acids is 1. The van der Waals surface area contributed by atoms with Crippen LogP contribution in [0.3, 0.4) is 0 Å². The third-order valence-corrected chi connectivity index (χ3v) is 4.49. The van der Waals surface area contributed by atoms with E-state index in [9.17, 15) is 9.59 Å². The number of para-hydroxylation sites is 1. The number of hydrogen-bond donors (Lipinski definition) is 1. The average Bonchev–Trinajstić information content (AvgIpc) is 2.94. The summed E-state index contributed by atoms with van der Waals surface area (Å²) in [6.45, 7) is 7.13. The van der Waals surface area contributed by atoms with E-state index in [0.29, 0.717) is 12.1 Å². The van der Waals surface area contributed by atoms with Gasteiger partial charge in [-0.05, 0) is 29.2 Å². The van der Waals surface area contributed by atoms with Crippen LogP contribution in [0.5, 0.6) is 0 Å². The Balaban J connectivity index is 1.95.